The molecule has 0 saturated carbocycles. The van der Waals surface area contributed by atoms with Crippen LogP contribution in [0.25, 0.3) is 0 Å². The van der Waals surface area contributed by atoms with Crippen LogP contribution < -0.4 is 5.32 Å². The summed E-state index contributed by atoms with van der Waals surface area (Å²) in [5.74, 6) is 3.14. The minimum Gasteiger partial charge on any atom is -0.369 e. The van der Waals surface area contributed by atoms with Gasteiger partial charge in [0.1, 0.15) is 16.2 Å². The van der Waals surface area contributed by atoms with Crippen LogP contribution in [0, 0.1) is 0 Å². The number of rotatable bonds is 5. The van der Waals surface area contributed by atoms with Crippen LogP contribution in [0.3, 0.4) is 0 Å². The molecule has 0 aromatic carbocycles. The van der Waals surface area contributed by atoms with Gasteiger partial charge in [0.05, 0.1) is 0 Å². The van der Waals surface area contributed by atoms with Crippen LogP contribution in [0.5, 0.6) is 0 Å². The Hall–Kier alpha value is -0.290. The second-order valence-corrected chi connectivity index (χ2v) is 7.49. The molecule has 0 bridgehead atoms. The Bertz CT molecular complexity index is 405. The van der Waals surface area contributed by atoms with E-state index < -0.39 is 0 Å². The average Bonchev–Trinajstić information content (AvgIpc) is 2.74. The van der Waals surface area contributed by atoms with Crippen LogP contribution in [0.2, 0.25) is 0 Å². The van der Waals surface area contributed by atoms with E-state index in [1.54, 1.807) is 0 Å². The van der Waals surface area contributed by atoms with Crippen LogP contribution in [0.1, 0.15) is 38.9 Å². The third-order valence-electron chi connectivity index (χ3n) is 3.16. The van der Waals surface area contributed by atoms with Crippen molar-refractivity contribution in [1.82, 2.24) is 9.97 Å². The fraction of sp³-hybridized carbons (Fsp3) is 0.692. The maximum Gasteiger partial charge on any atom is 0.132 e. The van der Waals surface area contributed by atoms with Gasteiger partial charge in [0.25, 0.3) is 0 Å². The van der Waals surface area contributed by atoms with Gasteiger partial charge in [-0.15, -0.1) is 0 Å². The molecule has 2 heterocycles. The van der Waals surface area contributed by atoms with E-state index in [9.17, 15) is 0 Å². The molecule has 2 rings (SSSR count). The van der Waals surface area contributed by atoms with Gasteiger partial charge in [-0.1, -0.05) is 6.92 Å². The van der Waals surface area contributed by atoms with E-state index >= 15 is 0 Å². The normalized spacial score (nSPS) is 23.3. The van der Waals surface area contributed by atoms with Gasteiger partial charge in [-0.2, -0.15) is 11.8 Å². The van der Waals surface area contributed by atoms with Crippen LogP contribution in [-0.2, 0) is 6.42 Å². The Morgan fingerprint density at radius 1 is 1.50 bits per heavy atom. The Balaban J connectivity index is 2.00. The molecular weight excluding hydrogens is 310 g/mol. The third-order valence-corrected chi connectivity index (χ3v) is 5.10. The fourth-order valence-electron chi connectivity index (χ4n) is 2.14. The molecule has 1 unspecified atom stereocenters. The molecular formula is C13H20BrN3S. The third kappa shape index (κ3) is 3.85. The zero-order chi connectivity index (χ0) is 13.0. The monoisotopic (exact) mass is 329 g/mol. The first-order valence-electron chi connectivity index (χ1n) is 6.52. The first-order valence-corrected chi connectivity index (χ1v) is 8.30. The van der Waals surface area contributed by atoms with Crippen LogP contribution in [0.4, 0.5) is 5.82 Å². The molecule has 1 aliphatic rings. The largest absolute Gasteiger partial charge is 0.369 e. The molecule has 5 heteroatoms. The van der Waals surface area contributed by atoms with Crippen LogP contribution in [0.15, 0.2) is 10.7 Å². The second-order valence-electron chi connectivity index (χ2n) is 5.00. The Morgan fingerprint density at radius 3 is 3.00 bits per heavy atom. The van der Waals surface area contributed by atoms with Gasteiger partial charge >= 0.3 is 0 Å². The molecule has 1 N–H and O–H groups in total. The molecule has 1 aromatic rings. The Morgan fingerprint density at radius 2 is 2.33 bits per heavy atom. The zero-order valence-corrected chi connectivity index (χ0v) is 13.4. The van der Waals surface area contributed by atoms with E-state index in [1.165, 1.54) is 18.6 Å². The molecule has 18 heavy (non-hydrogen) atoms. The molecule has 3 nitrogen and oxygen atoms in total. The van der Waals surface area contributed by atoms with Crippen molar-refractivity contribution in [2.24, 2.45) is 0 Å². The van der Waals surface area contributed by atoms with Crippen molar-refractivity contribution in [3.05, 3.63) is 16.5 Å². The number of anilines is 1. The zero-order valence-electron chi connectivity index (χ0n) is 11.0. The topological polar surface area (TPSA) is 37.8 Å². The van der Waals surface area contributed by atoms with Crippen LogP contribution in [-0.4, -0.2) is 27.0 Å². The lowest BCUT2D eigenvalue weighted by Gasteiger charge is -2.23. The Labute approximate surface area is 122 Å². The quantitative estimate of drug-likeness (QED) is 0.831. The highest BCUT2D eigenvalue weighted by atomic mass is 79.9. The summed E-state index contributed by atoms with van der Waals surface area (Å²) in [4.78, 5) is 8.93. The van der Waals surface area contributed by atoms with Crippen molar-refractivity contribution in [2.75, 3.05) is 17.6 Å². The van der Waals surface area contributed by atoms with Gasteiger partial charge in [-0.3, -0.25) is 0 Å². The highest BCUT2D eigenvalue weighted by Crippen LogP contribution is 2.37. The van der Waals surface area contributed by atoms with E-state index in [1.807, 2.05) is 6.07 Å². The standard InChI is InChI=1S/C13H20BrN3S/c1-3-5-11-16-10(14)8-12(17-11)15-9-13(2)6-4-7-18-13/h8H,3-7,9H2,1-2H3,(H,15,16,17). The van der Waals surface area contributed by atoms with Gasteiger partial charge < -0.3 is 5.32 Å². The summed E-state index contributed by atoms with van der Waals surface area (Å²) < 4.78 is 1.23. The van der Waals surface area contributed by atoms with Gasteiger partial charge in [-0.25, -0.2) is 9.97 Å². The van der Waals surface area contributed by atoms with Gasteiger partial charge in [-0.05, 0) is 47.9 Å². The number of halogens is 1. The molecule has 0 aliphatic carbocycles. The number of thioether (sulfide) groups is 1. The van der Waals surface area contributed by atoms with E-state index in [0.29, 0.717) is 4.75 Å². The molecule has 0 radical (unpaired) electrons. The van der Waals surface area contributed by atoms with E-state index in [4.69, 9.17) is 0 Å². The predicted octanol–water partition coefficient (Wildman–Crippen LogP) is 3.89. The fourth-order valence-corrected chi connectivity index (χ4v) is 3.81. The maximum absolute atomic E-state index is 4.55. The van der Waals surface area contributed by atoms with E-state index in [2.05, 4.69) is 56.8 Å². The molecule has 1 aromatic heterocycles. The number of hydrogen-bond donors (Lipinski definition) is 1. The van der Waals surface area contributed by atoms with E-state index in [0.717, 1.165) is 35.6 Å². The van der Waals surface area contributed by atoms with Crippen molar-refractivity contribution < 1.29 is 0 Å². The van der Waals surface area contributed by atoms with Crippen molar-refractivity contribution >= 4 is 33.5 Å². The molecule has 1 atom stereocenters. The molecule has 0 amide bonds. The summed E-state index contributed by atoms with van der Waals surface area (Å²) in [5.41, 5.74) is 0. The maximum atomic E-state index is 4.55. The number of hydrogen-bond acceptors (Lipinski definition) is 4. The molecule has 0 spiro atoms. The SMILES string of the molecule is CCCc1nc(Br)cc(NCC2(C)CCCS2)n1. The van der Waals surface area contributed by atoms with Crippen molar-refractivity contribution in [3.8, 4) is 0 Å². The Kier molecular flexibility index (Phi) is 4.90. The molecule has 1 aliphatic heterocycles. The summed E-state index contributed by atoms with van der Waals surface area (Å²) in [5, 5.41) is 3.46. The molecule has 1 saturated heterocycles. The summed E-state index contributed by atoms with van der Waals surface area (Å²) in [6, 6.07) is 1.96. The van der Waals surface area contributed by atoms with Crippen LogP contribution >= 0.6 is 27.7 Å². The highest BCUT2D eigenvalue weighted by Gasteiger charge is 2.29. The number of aromatic nitrogens is 2. The summed E-state index contributed by atoms with van der Waals surface area (Å²) in [6.45, 7) is 5.46. The first-order chi connectivity index (χ1) is 8.61. The van der Waals surface area contributed by atoms with Gasteiger partial charge in [0.2, 0.25) is 0 Å². The number of aryl methyl sites for hydroxylation is 1. The highest BCUT2D eigenvalue weighted by molar-refractivity contribution is 9.10. The first kappa shape index (κ1) is 14.1. The van der Waals surface area contributed by atoms with Crippen molar-refractivity contribution in [3.63, 3.8) is 0 Å². The minimum atomic E-state index is 0.363. The minimum absolute atomic E-state index is 0.363. The lowest BCUT2D eigenvalue weighted by Crippen LogP contribution is -2.27. The summed E-state index contributed by atoms with van der Waals surface area (Å²) >= 11 is 5.52. The van der Waals surface area contributed by atoms with Gasteiger partial charge in [0, 0.05) is 23.8 Å². The summed E-state index contributed by atoms with van der Waals surface area (Å²) in [7, 11) is 0. The lowest BCUT2D eigenvalue weighted by molar-refractivity contribution is 0.633. The smallest absolute Gasteiger partial charge is 0.132 e. The van der Waals surface area contributed by atoms with Gasteiger partial charge in [0.15, 0.2) is 0 Å². The molecule has 1 fully saturated rings. The lowest BCUT2D eigenvalue weighted by atomic mass is 10.1. The number of nitrogens with zero attached hydrogens (tertiary/aromatic N) is 2. The summed E-state index contributed by atoms with van der Waals surface area (Å²) in [6.07, 6.45) is 4.62. The average molecular weight is 330 g/mol. The van der Waals surface area contributed by atoms with Crippen molar-refractivity contribution in [2.45, 2.75) is 44.3 Å². The number of nitrogens with one attached hydrogen (secondary N) is 1. The second kappa shape index (κ2) is 6.24. The van der Waals surface area contributed by atoms with Crippen molar-refractivity contribution in [1.29, 1.82) is 0 Å². The van der Waals surface area contributed by atoms with E-state index in [-0.39, 0.29) is 0 Å². The predicted molar refractivity (Wildman–Crippen MR) is 82.3 cm³/mol. The molecule has 100 valence electrons.